The van der Waals surface area contributed by atoms with Gasteiger partial charge in [0.2, 0.25) is 0 Å². The summed E-state index contributed by atoms with van der Waals surface area (Å²) >= 11 is 0. The van der Waals surface area contributed by atoms with Crippen molar-refractivity contribution in [1.29, 1.82) is 0 Å². The Morgan fingerprint density at radius 1 is 1.19 bits per heavy atom. The molecule has 0 bridgehead atoms. The standard InChI is InChI=1S/C10H14N2O4/c13-8-1-2-9(14)12(8)16-10(15)7-3-5-11-6-4-7/h7,11H,1-6H2. The van der Waals surface area contributed by atoms with Crippen LogP contribution in [0.1, 0.15) is 25.7 Å². The molecule has 2 rings (SSSR count). The lowest BCUT2D eigenvalue weighted by atomic mass is 9.99. The lowest BCUT2D eigenvalue weighted by Gasteiger charge is -2.22. The number of hydroxylamine groups is 2. The summed E-state index contributed by atoms with van der Waals surface area (Å²) < 4.78 is 0. The van der Waals surface area contributed by atoms with Crippen LogP contribution in [0.25, 0.3) is 0 Å². The van der Waals surface area contributed by atoms with Gasteiger partial charge >= 0.3 is 5.97 Å². The van der Waals surface area contributed by atoms with Gasteiger partial charge in [-0.1, -0.05) is 0 Å². The van der Waals surface area contributed by atoms with Crippen LogP contribution in [0.15, 0.2) is 0 Å². The molecule has 0 aromatic heterocycles. The Bertz CT molecular complexity index is 307. The predicted octanol–water partition coefficient (Wildman–Crippen LogP) is -0.407. The van der Waals surface area contributed by atoms with Gasteiger partial charge < -0.3 is 10.2 Å². The second-order valence-corrected chi connectivity index (χ2v) is 4.02. The van der Waals surface area contributed by atoms with E-state index in [-0.39, 0.29) is 18.8 Å². The predicted molar refractivity (Wildman–Crippen MR) is 52.8 cm³/mol. The first-order valence-electron chi connectivity index (χ1n) is 5.47. The first kappa shape index (κ1) is 11.1. The molecule has 88 valence electrons. The van der Waals surface area contributed by atoms with Crippen molar-refractivity contribution in [1.82, 2.24) is 10.4 Å². The van der Waals surface area contributed by atoms with Crippen molar-refractivity contribution in [2.75, 3.05) is 13.1 Å². The molecule has 6 heteroatoms. The van der Waals surface area contributed by atoms with Gasteiger partial charge in [0.05, 0.1) is 5.92 Å². The molecule has 16 heavy (non-hydrogen) atoms. The summed E-state index contributed by atoms with van der Waals surface area (Å²) in [5.41, 5.74) is 0. The van der Waals surface area contributed by atoms with Crippen molar-refractivity contribution >= 4 is 17.8 Å². The molecule has 0 radical (unpaired) electrons. The van der Waals surface area contributed by atoms with E-state index in [2.05, 4.69) is 5.32 Å². The van der Waals surface area contributed by atoms with Gasteiger partial charge in [0.1, 0.15) is 0 Å². The van der Waals surface area contributed by atoms with Crippen LogP contribution in [0.4, 0.5) is 0 Å². The molecule has 2 fully saturated rings. The van der Waals surface area contributed by atoms with Gasteiger partial charge in [-0.25, -0.2) is 4.79 Å². The van der Waals surface area contributed by atoms with E-state index in [9.17, 15) is 14.4 Å². The summed E-state index contributed by atoms with van der Waals surface area (Å²) in [4.78, 5) is 38.9. The maximum absolute atomic E-state index is 11.6. The lowest BCUT2D eigenvalue weighted by molar-refractivity contribution is -0.201. The number of imide groups is 1. The molecular formula is C10H14N2O4. The second-order valence-electron chi connectivity index (χ2n) is 4.02. The first-order chi connectivity index (χ1) is 7.68. The molecule has 0 aromatic carbocycles. The van der Waals surface area contributed by atoms with Crippen molar-refractivity contribution in [2.24, 2.45) is 5.92 Å². The van der Waals surface area contributed by atoms with Crippen LogP contribution in [0, 0.1) is 5.92 Å². The third-order valence-electron chi connectivity index (χ3n) is 2.86. The molecule has 1 N–H and O–H groups in total. The SMILES string of the molecule is O=C(ON1C(=O)CCC1=O)C1CCNCC1. The van der Waals surface area contributed by atoms with E-state index in [1.54, 1.807) is 0 Å². The van der Waals surface area contributed by atoms with Crippen LogP contribution < -0.4 is 5.32 Å². The van der Waals surface area contributed by atoms with Gasteiger partial charge in [-0.15, -0.1) is 5.06 Å². The van der Waals surface area contributed by atoms with E-state index >= 15 is 0 Å². The minimum atomic E-state index is -0.467. The van der Waals surface area contributed by atoms with Crippen molar-refractivity contribution in [2.45, 2.75) is 25.7 Å². The van der Waals surface area contributed by atoms with E-state index < -0.39 is 17.8 Å². The molecule has 0 aliphatic carbocycles. The molecular weight excluding hydrogens is 212 g/mol. The van der Waals surface area contributed by atoms with Crippen LogP contribution in [0.3, 0.4) is 0 Å². The van der Waals surface area contributed by atoms with Crippen LogP contribution >= 0.6 is 0 Å². The highest BCUT2D eigenvalue weighted by molar-refractivity contribution is 6.01. The Labute approximate surface area is 92.9 Å². The molecule has 2 saturated heterocycles. The fraction of sp³-hybridized carbons (Fsp3) is 0.700. The molecule has 0 atom stereocenters. The molecule has 2 heterocycles. The Morgan fingerprint density at radius 2 is 1.75 bits per heavy atom. The van der Waals surface area contributed by atoms with Crippen LogP contribution in [-0.2, 0) is 19.2 Å². The van der Waals surface area contributed by atoms with Crippen molar-refractivity contribution in [3.8, 4) is 0 Å². The molecule has 2 aliphatic rings. The van der Waals surface area contributed by atoms with Gasteiger partial charge in [0.15, 0.2) is 0 Å². The van der Waals surface area contributed by atoms with Crippen molar-refractivity contribution < 1.29 is 19.2 Å². The van der Waals surface area contributed by atoms with Gasteiger partial charge in [-0.2, -0.15) is 0 Å². The van der Waals surface area contributed by atoms with Gasteiger partial charge in [-0.3, -0.25) is 9.59 Å². The molecule has 0 spiro atoms. The average molecular weight is 226 g/mol. The third-order valence-corrected chi connectivity index (χ3v) is 2.86. The number of carbonyl (C=O) groups excluding carboxylic acids is 3. The number of piperidine rings is 1. The first-order valence-corrected chi connectivity index (χ1v) is 5.47. The smallest absolute Gasteiger partial charge is 0.330 e. The zero-order valence-corrected chi connectivity index (χ0v) is 8.90. The topological polar surface area (TPSA) is 75.7 Å². The monoisotopic (exact) mass is 226 g/mol. The van der Waals surface area contributed by atoms with E-state index in [4.69, 9.17) is 4.84 Å². The maximum atomic E-state index is 11.6. The number of hydrogen-bond donors (Lipinski definition) is 1. The minimum absolute atomic E-state index is 0.137. The van der Waals surface area contributed by atoms with E-state index in [1.807, 2.05) is 0 Å². The van der Waals surface area contributed by atoms with Crippen molar-refractivity contribution in [3.63, 3.8) is 0 Å². The van der Waals surface area contributed by atoms with Gasteiger partial charge in [0, 0.05) is 12.8 Å². The zero-order valence-electron chi connectivity index (χ0n) is 8.90. The fourth-order valence-corrected chi connectivity index (χ4v) is 1.88. The zero-order chi connectivity index (χ0) is 11.5. The Morgan fingerprint density at radius 3 is 2.31 bits per heavy atom. The molecule has 0 unspecified atom stereocenters. The fourth-order valence-electron chi connectivity index (χ4n) is 1.88. The molecule has 2 amide bonds. The van der Waals surface area contributed by atoms with E-state index in [0.29, 0.717) is 17.9 Å². The summed E-state index contributed by atoms with van der Waals surface area (Å²) in [6.45, 7) is 1.53. The summed E-state index contributed by atoms with van der Waals surface area (Å²) in [7, 11) is 0. The normalized spacial score (nSPS) is 22.6. The van der Waals surface area contributed by atoms with E-state index in [0.717, 1.165) is 13.1 Å². The Kier molecular flexibility index (Phi) is 3.19. The molecule has 0 aromatic rings. The quantitative estimate of drug-likeness (QED) is 0.648. The number of hydrogen-bond acceptors (Lipinski definition) is 5. The van der Waals surface area contributed by atoms with Crippen LogP contribution in [0.5, 0.6) is 0 Å². The summed E-state index contributed by atoms with van der Waals surface area (Å²) in [5.74, 6) is -1.52. The summed E-state index contributed by atoms with van der Waals surface area (Å²) in [6.07, 6.45) is 1.65. The highest BCUT2D eigenvalue weighted by atomic mass is 16.7. The lowest BCUT2D eigenvalue weighted by Crippen LogP contribution is -2.38. The van der Waals surface area contributed by atoms with Gasteiger partial charge in [0.25, 0.3) is 11.8 Å². The highest BCUT2D eigenvalue weighted by Gasteiger charge is 2.35. The summed E-state index contributed by atoms with van der Waals surface area (Å²) in [5, 5.41) is 3.74. The molecule has 2 aliphatic heterocycles. The molecule has 0 saturated carbocycles. The minimum Gasteiger partial charge on any atom is -0.330 e. The largest absolute Gasteiger partial charge is 0.336 e. The maximum Gasteiger partial charge on any atom is 0.336 e. The van der Waals surface area contributed by atoms with E-state index in [1.165, 1.54) is 0 Å². The van der Waals surface area contributed by atoms with Crippen LogP contribution in [-0.4, -0.2) is 35.9 Å². The molecule has 6 nitrogen and oxygen atoms in total. The Hall–Kier alpha value is -1.43. The van der Waals surface area contributed by atoms with Crippen LogP contribution in [0.2, 0.25) is 0 Å². The number of carbonyl (C=O) groups is 3. The third kappa shape index (κ3) is 2.21. The Balaban J connectivity index is 1.90. The van der Waals surface area contributed by atoms with Crippen molar-refractivity contribution in [3.05, 3.63) is 0 Å². The number of amides is 2. The number of nitrogens with zero attached hydrogens (tertiary/aromatic N) is 1. The number of nitrogens with one attached hydrogen (secondary N) is 1. The summed E-state index contributed by atoms with van der Waals surface area (Å²) in [6, 6.07) is 0. The number of rotatable bonds is 2. The highest BCUT2D eigenvalue weighted by Crippen LogP contribution is 2.18. The average Bonchev–Trinajstić information content (AvgIpc) is 2.62. The second kappa shape index (κ2) is 4.61. The van der Waals surface area contributed by atoms with Gasteiger partial charge in [-0.05, 0) is 25.9 Å².